The van der Waals surface area contributed by atoms with Crippen LogP contribution >= 0.6 is 0 Å². The molecule has 1 heterocycles. The molecule has 17 heavy (non-hydrogen) atoms. The molecule has 2 nitrogen and oxygen atoms in total. The van der Waals surface area contributed by atoms with Gasteiger partial charge in [-0.2, -0.15) is 0 Å². The van der Waals surface area contributed by atoms with Gasteiger partial charge >= 0.3 is 0 Å². The molecule has 0 fully saturated rings. The lowest BCUT2D eigenvalue weighted by Crippen LogP contribution is -2.17. The highest BCUT2D eigenvalue weighted by Gasteiger charge is 2.10. The molecule has 2 heteroatoms. The van der Waals surface area contributed by atoms with E-state index in [4.69, 9.17) is 5.73 Å². The minimum atomic E-state index is 0.211. The molecular formula is C15H22N2. The smallest absolute Gasteiger partial charge is 0.0480 e. The maximum absolute atomic E-state index is 5.91. The Morgan fingerprint density at radius 2 is 1.94 bits per heavy atom. The second-order valence-corrected chi connectivity index (χ2v) is 5.38. The van der Waals surface area contributed by atoms with Crippen molar-refractivity contribution >= 4 is 10.9 Å². The summed E-state index contributed by atoms with van der Waals surface area (Å²) in [6, 6.07) is 6.97. The summed E-state index contributed by atoms with van der Waals surface area (Å²) in [5.74, 6) is 0.572. The van der Waals surface area contributed by atoms with Crippen LogP contribution in [-0.4, -0.2) is 10.6 Å². The van der Waals surface area contributed by atoms with Gasteiger partial charge in [-0.3, -0.25) is 0 Å². The Morgan fingerprint density at radius 1 is 1.24 bits per heavy atom. The van der Waals surface area contributed by atoms with Crippen LogP contribution in [0.5, 0.6) is 0 Å². The maximum atomic E-state index is 5.91. The Labute approximate surface area is 103 Å². The third-order valence-electron chi connectivity index (χ3n) is 3.30. The molecule has 1 unspecified atom stereocenters. The minimum Gasteiger partial charge on any atom is -0.350 e. The van der Waals surface area contributed by atoms with E-state index < -0.39 is 0 Å². The first-order chi connectivity index (χ1) is 7.99. The lowest BCUT2D eigenvalue weighted by molar-refractivity contribution is 0.738. The first kappa shape index (κ1) is 12.2. The zero-order chi connectivity index (χ0) is 12.6. The predicted octanol–water partition coefficient (Wildman–Crippen LogP) is 3.19. The lowest BCUT2D eigenvalue weighted by atomic mass is 9.99. The van der Waals surface area contributed by atoms with Crippen LogP contribution in [-0.2, 0) is 13.5 Å². The summed E-state index contributed by atoms with van der Waals surface area (Å²) in [5.41, 5.74) is 9.97. The number of aryl methyl sites for hydroxylation is 1. The summed E-state index contributed by atoms with van der Waals surface area (Å²) in [7, 11) is 2.10. The highest BCUT2D eigenvalue weighted by molar-refractivity contribution is 5.84. The third kappa shape index (κ3) is 2.37. The Morgan fingerprint density at radius 3 is 2.53 bits per heavy atom. The lowest BCUT2D eigenvalue weighted by Gasteiger charge is -2.07. The summed E-state index contributed by atoms with van der Waals surface area (Å²) in [6.07, 6.45) is 3.15. The van der Waals surface area contributed by atoms with Gasteiger partial charge in [0.25, 0.3) is 0 Å². The number of benzene rings is 1. The summed E-state index contributed by atoms with van der Waals surface area (Å²) in [5, 5.41) is 1.36. The van der Waals surface area contributed by atoms with E-state index in [1.807, 2.05) is 0 Å². The van der Waals surface area contributed by atoms with Crippen molar-refractivity contribution in [2.75, 3.05) is 0 Å². The standard InChI is InChI=1S/C15H22N2/c1-10(2)12-5-6-15-14(8-12)13(7-11(3)16)9-17(15)4/h5-6,8-11H,7,16H2,1-4H3. The molecule has 0 aliphatic heterocycles. The molecule has 92 valence electrons. The molecule has 1 aromatic carbocycles. The summed E-state index contributed by atoms with van der Waals surface area (Å²) in [4.78, 5) is 0. The highest BCUT2D eigenvalue weighted by atomic mass is 14.9. The van der Waals surface area contributed by atoms with E-state index in [-0.39, 0.29) is 6.04 Å². The molecule has 2 N–H and O–H groups in total. The van der Waals surface area contributed by atoms with Crippen molar-refractivity contribution in [2.45, 2.75) is 39.2 Å². The number of hydrogen-bond donors (Lipinski definition) is 1. The van der Waals surface area contributed by atoms with Gasteiger partial charge in [0, 0.05) is 30.2 Å². The fourth-order valence-electron chi connectivity index (χ4n) is 2.36. The number of aromatic nitrogens is 1. The van der Waals surface area contributed by atoms with Crippen molar-refractivity contribution in [1.82, 2.24) is 4.57 Å². The number of hydrogen-bond acceptors (Lipinski definition) is 1. The van der Waals surface area contributed by atoms with E-state index in [9.17, 15) is 0 Å². The molecule has 2 aromatic rings. The molecule has 0 saturated heterocycles. The predicted molar refractivity (Wildman–Crippen MR) is 74.4 cm³/mol. The van der Waals surface area contributed by atoms with Gasteiger partial charge in [0.2, 0.25) is 0 Å². The molecule has 0 bridgehead atoms. The van der Waals surface area contributed by atoms with E-state index in [0.29, 0.717) is 5.92 Å². The number of rotatable bonds is 3. The summed E-state index contributed by atoms with van der Waals surface area (Å²) >= 11 is 0. The van der Waals surface area contributed by atoms with Crippen molar-refractivity contribution in [3.8, 4) is 0 Å². The van der Waals surface area contributed by atoms with Gasteiger partial charge in [0.05, 0.1) is 0 Å². The van der Waals surface area contributed by atoms with Crippen LogP contribution in [0.4, 0.5) is 0 Å². The van der Waals surface area contributed by atoms with Crippen molar-refractivity contribution < 1.29 is 0 Å². The monoisotopic (exact) mass is 230 g/mol. The number of fused-ring (bicyclic) bond motifs is 1. The van der Waals surface area contributed by atoms with Gasteiger partial charge in [-0.15, -0.1) is 0 Å². The average molecular weight is 230 g/mol. The van der Waals surface area contributed by atoms with Crippen molar-refractivity contribution in [1.29, 1.82) is 0 Å². The zero-order valence-electron chi connectivity index (χ0n) is 11.2. The molecule has 0 aliphatic carbocycles. The average Bonchev–Trinajstić information content (AvgIpc) is 2.54. The molecule has 2 rings (SSSR count). The number of nitrogens with zero attached hydrogens (tertiary/aromatic N) is 1. The van der Waals surface area contributed by atoms with E-state index >= 15 is 0 Å². The van der Waals surface area contributed by atoms with Crippen molar-refractivity contribution in [3.63, 3.8) is 0 Å². The van der Waals surface area contributed by atoms with Crippen LogP contribution in [0.1, 0.15) is 37.8 Å². The quantitative estimate of drug-likeness (QED) is 0.862. The molecule has 0 saturated carbocycles. The second kappa shape index (κ2) is 4.53. The Balaban J connectivity index is 2.56. The van der Waals surface area contributed by atoms with Gasteiger partial charge in [-0.25, -0.2) is 0 Å². The summed E-state index contributed by atoms with van der Waals surface area (Å²) in [6.45, 7) is 6.52. The van der Waals surface area contributed by atoms with Crippen LogP contribution in [0.2, 0.25) is 0 Å². The summed E-state index contributed by atoms with van der Waals surface area (Å²) < 4.78 is 2.19. The molecule has 1 aromatic heterocycles. The van der Waals surface area contributed by atoms with Crippen LogP contribution in [0.3, 0.4) is 0 Å². The first-order valence-corrected chi connectivity index (χ1v) is 6.32. The van der Waals surface area contributed by atoms with Gasteiger partial charge < -0.3 is 10.3 Å². The van der Waals surface area contributed by atoms with Crippen LogP contribution in [0, 0.1) is 0 Å². The van der Waals surface area contributed by atoms with Crippen molar-refractivity contribution in [3.05, 3.63) is 35.5 Å². The van der Waals surface area contributed by atoms with Crippen molar-refractivity contribution in [2.24, 2.45) is 12.8 Å². The van der Waals surface area contributed by atoms with Crippen LogP contribution in [0.25, 0.3) is 10.9 Å². The van der Waals surface area contributed by atoms with Crippen LogP contribution < -0.4 is 5.73 Å². The van der Waals surface area contributed by atoms with Gasteiger partial charge in [-0.1, -0.05) is 19.9 Å². The van der Waals surface area contributed by atoms with E-state index in [1.54, 1.807) is 0 Å². The largest absolute Gasteiger partial charge is 0.350 e. The van der Waals surface area contributed by atoms with E-state index in [2.05, 4.69) is 56.8 Å². The molecule has 0 aliphatic rings. The van der Waals surface area contributed by atoms with Gasteiger partial charge in [-0.05, 0) is 42.5 Å². The highest BCUT2D eigenvalue weighted by Crippen LogP contribution is 2.26. The molecular weight excluding hydrogens is 208 g/mol. The normalized spacial score (nSPS) is 13.5. The Bertz CT molecular complexity index is 521. The minimum absolute atomic E-state index is 0.211. The number of nitrogens with two attached hydrogens (primary N) is 1. The third-order valence-corrected chi connectivity index (χ3v) is 3.30. The molecule has 0 spiro atoms. The topological polar surface area (TPSA) is 30.9 Å². The second-order valence-electron chi connectivity index (χ2n) is 5.38. The molecule has 0 radical (unpaired) electrons. The molecule has 1 atom stereocenters. The van der Waals surface area contributed by atoms with Gasteiger partial charge in [0.1, 0.15) is 0 Å². The SMILES string of the molecule is CC(N)Cc1cn(C)c2ccc(C(C)C)cc12. The Hall–Kier alpha value is -1.28. The van der Waals surface area contributed by atoms with E-state index in [1.165, 1.54) is 22.0 Å². The maximum Gasteiger partial charge on any atom is 0.0480 e. The first-order valence-electron chi connectivity index (χ1n) is 6.32. The van der Waals surface area contributed by atoms with E-state index in [0.717, 1.165) is 6.42 Å². The fraction of sp³-hybridized carbons (Fsp3) is 0.467. The Kier molecular flexibility index (Phi) is 3.25. The van der Waals surface area contributed by atoms with Crippen LogP contribution in [0.15, 0.2) is 24.4 Å². The van der Waals surface area contributed by atoms with Gasteiger partial charge in [0.15, 0.2) is 0 Å². The fourth-order valence-corrected chi connectivity index (χ4v) is 2.36. The molecule has 0 amide bonds. The zero-order valence-corrected chi connectivity index (χ0v) is 11.2.